The number of carbonyl (C=O) groups excluding carboxylic acids is 4. The first-order valence-electron chi connectivity index (χ1n) is 9.70. The first kappa shape index (κ1) is 19.6. The molecule has 1 heterocycles. The Bertz CT molecular complexity index is 634. The van der Waals surface area contributed by atoms with Crippen LogP contribution in [0.5, 0.6) is 0 Å². The number of rotatable bonds is 6. The van der Waals surface area contributed by atoms with Gasteiger partial charge in [-0.15, -0.1) is 0 Å². The summed E-state index contributed by atoms with van der Waals surface area (Å²) in [5.41, 5.74) is -0.814. The van der Waals surface area contributed by atoms with Gasteiger partial charge in [-0.05, 0) is 50.9 Å². The van der Waals surface area contributed by atoms with Gasteiger partial charge in [-0.1, -0.05) is 6.42 Å². The van der Waals surface area contributed by atoms with Crippen molar-refractivity contribution in [2.24, 2.45) is 11.3 Å². The highest BCUT2D eigenvalue weighted by Crippen LogP contribution is 2.60. The van der Waals surface area contributed by atoms with E-state index in [1.807, 2.05) is 0 Å². The molecule has 150 valence electrons. The van der Waals surface area contributed by atoms with Crippen LogP contribution in [0.15, 0.2) is 0 Å². The minimum Gasteiger partial charge on any atom is -0.468 e. The Morgan fingerprint density at radius 1 is 1.22 bits per heavy atom. The fourth-order valence-electron chi connectivity index (χ4n) is 4.75. The maximum atomic E-state index is 12.6. The van der Waals surface area contributed by atoms with Crippen molar-refractivity contribution in [3.63, 3.8) is 0 Å². The lowest BCUT2D eigenvalue weighted by atomic mass is 9.48. The largest absolute Gasteiger partial charge is 0.468 e. The highest BCUT2D eigenvalue weighted by molar-refractivity contribution is 6.00. The molecule has 8 nitrogen and oxygen atoms in total. The van der Waals surface area contributed by atoms with Crippen LogP contribution < -0.4 is 5.32 Å². The summed E-state index contributed by atoms with van der Waals surface area (Å²) in [5, 5.41) is 2.84. The van der Waals surface area contributed by atoms with Gasteiger partial charge in [0.1, 0.15) is 11.5 Å². The highest BCUT2D eigenvalue weighted by atomic mass is 16.5. The average molecular weight is 380 g/mol. The van der Waals surface area contributed by atoms with Crippen molar-refractivity contribution >= 4 is 23.8 Å². The fourth-order valence-corrected chi connectivity index (χ4v) is 4.75. The third-order valence-electron chi connectivity index (χ3n) is 6.16. The van der Waals surface area contributed by atoms with E-state index in [1.165, 1.54) is 12.0 Å². The Hall–Kier alpha value is -2.12. The van der Waals surface area contributed by atoms with Crippen LogP contribution in [0.25, 0.3) is 0 Å². The number of nitrogens with one attached hydrogen (secondary N) is 1. The molecule has 3 fully saturated rings. The van der Waals surface area contributed by atoms with Crippen LogP contribution in [-0.2, 0) is 28.7 Å². The van der Waals surface area contributed by atoms with Crippen LogP contribution in [0.1, 0.15) is 51.9 Å². The van der Waals surface area contributed by atoms with Crippen LogP contribution in [0, 0.1) is 11.3 Å². The molecule has 2 saturated carbocycles. The normalized spacial score (nSPS) is 25.2. The summed E-state index contributed by atoms with van der Waals surface area (Å²) in [5.74, 6) is -2.60. The molecular weight excluding hydrogens is 352 g/mol. The molecule has 27 heavy (non-hydrogen) atoms. The van der Waals surface area contributed by atoms with Crippen molar-refractivity contribution in [3.8, 4) is 0 Å². The summed E-state index contributed by atoms with van der Waals surface area (Å²) >= 11 is 0. The van der Waals surface area contributed by atoms with Gasteiger partial charge in [0.2, 0.25) is 11.8 Å². The monoisotopic (exact) mass is 380 g/mol. The molecule has 8 heteroatoms. The van der Waals surface area contributed by atoms with E-state index >= 15 is 0 Å². The van der Waals surface area contributed by atoms with E-state index in [0.29, 0.717) is 32.2 Å². The third kappa shape index (κ3) is 3.66. The number of methoxy groups -OCH3 is 1. The minimum atomic E-state index is -0.978. The molecule has 3 aliphatic rings. The highest BCUT2D eigenvalue weighted by Gasteiger charge is 2.62. The molecule has 1 atom stereocenters. The maximum Gasteiger partial charge on any atom is 0.331 e. The fraction of sp³-hybridized carbons (Fsp3) is 0.789. The van der Waals surface area contributed by atoms with Gasteiger partial charge in [0, 0.05) is 6.54 Å². The first-order chi connectivity index (χ1) is 12.8. The zero-order chi connectivity index (χ0) is 19.7. The van der Waals surface area contributed by atoms with Crippen LogP contribution in [-0.4, -0.2) is 61.0 Å². The van der Waals surface area contributed by atoms with Crippen LogP contribution >= 0.6 is 0 Å². The van der Waals surface area contributed by atoms with E-state index in [0.717, 1.165) is 19.3 Å². The number of hydrogen-bond acceptors (Lipinski definition) is 6. The SMILES string of the molecule is CCOC(=O)C1(NC(=O)CN2CCCC(C(=O)OC)C2=O)CC2(CCC2)C1. The Balaban J connectivity index is 1.62. The predicted octanol–water partition coefficient (Wildman–Crippen LogP) is 0.780. The van der Waals surface area contributed by atoms with Gasteiger partial charge < -0.3 is 19.7 Å². The van der Waals surface area contributed by atoms with E-state index < -0.39 is 35.2 Å². The second-order valence-electron chi connectivity index (χ2n) is 8.04. The summed E-state index contributed by atoms with van der Waals surface area (Å²) in [4.78, 5) is 50.6. The first-order valence-corrected chi connectivity index (χ1v) is 9.70. The molecule has 1 saturated heterocycles. The molecular formula is C19H28N2O6. The third-order valence-corrected chi connectivity index (χ3v) is 6.16. The molecule has 0 aromatic carbocycles. The van der Waals surface area contributed by atoms with E-state index in [4.69, 9.17) is 4.74 Å². The van der Waals surface area contributed by atoms with Gasteiger partial charge in [0.25, 0.3) is 0 Å². The number of amides is 2. The molecule has 2 aliphatic carbocycles. The second kappa shape index (κ2) is 7.48. The Morgan fingerprint density at radius 3 is 2.48 bits per heavy atom. The van der Waals surface area contributed by atoms with Crippen LogP contribution in [0.4, 0.5) is 0 Å². The average Bonchev–Trinajstić information content (AvgIpc) is 2.57. The Kier molecular flexibility index (Phi) is 5.44. The number of piperidine rings is 1. The number of likely N-dealkylation sites (tertiary alicyclic amines) is 1. The molecule has 1 spiro atoms. The zero-order valence-corrected chi connectivity index (χ0v) is 16.0. The Morgan fingerprint density at radius 2 is 1.93 bits per heavy atom. The molecule has 0 bridgehead atoms. The predicted molar refractivity (Wildman–Crippen MR) is 94.3 cm³/mol. The van der Waals surface area contributed by atoms with E-state index in [9.17, 15) is 19.2 Å². The van der Waals surface area contributed by atoms with E-state index in [-0.39, 0.29) is 18.6 Å². The number of esters is 2. The van der Waals surface area contributed by atoms with Crippen molar-refractivity contribution in [2.75, 3.05) is 26.8 Å². The second-order valence-corrected chi connectivity index (χ2v) is 8.04. The quantitative estimate of drug-likeness (QED) is 0.540. The van der Waals surface area contributed by atoms with Crippen molar-refractivity contribution in [1.29, 1.82) is 0 Å². The number of hydrogen-bond donors (Lipinski definition) is 1. The molecule has 1 aliphatic heterocycles. The van der Waals surface area contributed by atoms with E-state index in [1.54, 1.807) is 6.92 Å². The van der Waals surface area contributed by atoms with Crippen molar-refractivity contribution in [2.45, 2.75) is 57.4 Å². The van der Waals surface area contributed by atoms with Gasteiger partial charge >= 0.3 is 11.9 Å². The summed E-state index contributed by atoms with van der Waals surface area (Å²) < 4.78 is 9.86. The standard InChI is InChI=1S/C19H28N2O6/c1-3-27-17(25)19(11-18(12-19)7-5-8-18)20-14(22)10-21-9-4-6-13(15(21)23)16(24)26-2/h13H,3-12H2,1-2H3,(H,20,22). The molecule has 1 N–H and O–H groups in total. The topological polar surface area (TPSA) is 102 Å². The molecule has 1 unspecified atom stereocenters. The van der Waals surface area contributed by atoms with Crippen molar-refractivity contribution in [3.05, 3.63) is 0 Å². The molecule has 2 amide bonds. The number of nitrogens with zero attached hydrogens (tertiary/aromatic N) is 1. The minimum absolute atomic E-state index is 0.164. The van der Waals surface area contributed by atoms with Gasteiger partial charge in [-0.3, -0.25) is 14.4 Å². The molecule has 0 aromatic rings. The summed E-state index contributed by atoms with van der Waals surface area (Å²) in [6, 6.07) is 0. The van der Waals surface area contributed by atoms with Crippen LogP contribution in [0.2, 0.25) is 0 Å². The zero-order valence-electron chi connectivity index (χ0n) is 16.0. The van der Waals surface area contributed by atoms with Gasteiger partial charge in [-0.2, -0.15) is 0 Å². The summed E-state index contributed by atoms with van der Waals surface area (Å²) in [6.45, 7) is 2.25. The molecule has 0 radical (unpaired) electrons. The van der Waals surface area contributed by atoms with Crippen molar-refractivity contribution in [1.82, 2.24) is 10.2 Å². The summed E-state index contributed by atoms with van der Waals surface area (Å²) in [6.07, 6.45) is 5.57. The maximum absolute atomic E-state index is 12.6. The number of carbonyl (C=O) groups is 4. The van der Waals surface area contributed by atoms with Gasteiger partial charge in [-0.25, -0.2) is 4.79 Å². The summed E-state index contributed by atoms with van der Waals surface area (Å²) in [7, 11) is 1.25. The lowest BCUT2D eigenvalue weighted by Gasteiger charge is -2.59. The number of ether oxygens (including phenoxy) is 2. The lowest BCUT2D eigenvalue weighted by molar-refractivity contribution is -0.171. The van der Waals surface area contributed by atoms with Crippen molar-refractivity contribution < 1.29 is 28.7 Å². The Labute approximate surface area is 158 Å². The van der Waals surface area contributed by atoms with Crippen LogP contribution in [0.3, 0.4) is 0 Å². The smallest absolute Gasteiger partial charge is 0.331 e. The lowest BCUT2D eigenvalue weighted by Crippen LogP contribution is -2.69. The van der Waals surface area contributed by atoms with E-state index in [2.05, 4.69) is 10.1 Å². The van der Waals surface area contributed by atoms with Gasteiger partial charge in [0.05, 0.1) is 20.3 Å². The molecule has 3 rings (SSSR count). The van der Waals surface area contributed by atoms with Gasteiger partial charge in [0.15, 0.2) is 0 Å². The molecule has 0 aromatic heterocycles.